The number of piperazine rings is 1. The van der Waals surface area contributed by atoms with Crippen LogP contribution < -0.4 is 20.7 Å². The average Bonchev–Trinajstić information content (AvgIpc) is 3.16. The second-order valence-electron chi connectivity index (χ2n) is 7.81. The average molecular weight is 468 g/mol. The largest absolute Gasteiger partial charge is 0.573 e. The van der Waals surface area contributed by atoms with Gasteiger partial charge in [0.15, 0.2) is 11.2 Å². The molecule has 0 saturated carbocycles. The van der Waals surface area contributed by atoms with Crippen LogP contribution in [0.1, 0.15) is 0 Å². The Morgan fingerprint density at radius 2 is 1.76 bits per heavy atom. The maximum absolute atomic E-state index is 13.0. The fourth-order valence-electron chi connectivity index (χ4n) is 3.63. The number of nitrogens with zero attached hydrogens (tertiary/aromatic N) is 5. The predicted molar refractivity (Wildman–Crippen MR) is 113 cm³/mol. The van der Waals surface area contributed by atoms with Gasteiger partial charge in [-0.3, -0.25) is 18.8 Å². The number of likely N-dealkylation sites (N-methyl/N-ethyl adjacent to an activating group) is 1. The van der Waals surface area contributed by atoms with Crippen molar-refractivity contribution in [3.05, 3.63) is 45.1 Å². The van der Waals surface area contributed by atoms with Crippen molar-refractivity contribution in [2.45, 2.75) is 12.9 Å². The fraction of sp³-hybridized carbons (Fsp3) is 0.450. The zero-order chi connectivity index (χ0) is 23.8. The highest BCUT2D eigenvalue weighted by atomic mass is 19.4. The molecule has 1 aliphatic rings. The third-order valence-electron chi connectivity index (χ3n) is 5.45. The molecule has 1 fully saturated rings. The van der Waals surface area contributed by atoms with Gasteiger partial charge in [0.2, 0.25) is 0 Å². The molecule has 178 valence electrons. The molecule has 1 aromatic carbocycles. The Hall–Kier alpha value is -3.32. The molecule has 10 nitrogen and oxygen atoms in total. The minimum Gasteiger partial charge on any atom is -0.425 e. The number of ether oxygens (including phenoxy) is 2. The van der Waals surface area contributed by atoms with Crippen molar-refractivity contribution in [1.82, 2.24) is 28.9 Å². The Kier molecular flexibility index (Phi) is 6.17. The Morgan fingerprint density at radius 1 is 1.06 bits per heavy atom. The number of nitrogens with one attached hydrogen (secondary N) is 1. The Balaban J connectivity index is 1.57. The predicted octanol–water partition coefficient (Wildman–Crippen LogP) is 1.36. The van der Waals surface area contributed by atoms with Gasteiger partial charge in [0.05, 0.1) is 0 Å². The summed E-state index contributed by atoms with van der Waals surface area (Å²) in [7, 11) is 3.53. The van der Waals surface area contributed by atoms with Crippen molar-refractivity contribution < 1.29 is 22.6 Å². The van der Waals surface area contributed by atoms with Crippen molar-refractivity contribution in [1.29, 1.82) is 0 Å². The Bertz CT molecular complexity index is 1260. The minimum absolute atomic E-state index is 0.0104. The number of alkyl halides is 3. The van der Waals surface area contributed by atoms with Crippen LogP contribution in [0.2, 0.25) is 0 Å². The van der Waals surface area contributed by atoms with Crippen molar-refractivity contribution in [3.63, 3.8) is 0 Å². The van der Waals surface area contributed by atoms with Crippen LogP contribution in [0.3, 0.4) is 0 Å². The first-order valence-electron chi connectivity index (χ1n) is 10.2. The fourth-order valence-corrected chi connectivity index (χ4v) is 3.63. The van der Waals surface area contributed by atoms with Crippen molar-refractivity contribution in [3.8, 4) is 17.5 Å². The summed E-state index contributed by atoms with van der Waals surface area (Å²) in [5.74, 6) is -0.453. The maximum Gasteiger partial charge on any atom is 0.573 e. The van der Waals surface area contributed by atoms with Gasteiger partial charge in [0.1, 0.15) is 11.5 Å². The van der Waals surface area contributed by atoms with E-state index in [-0.39, 0.29) is 29.5 Å². The third-order valence-corrected chi connectivity index (χ3v) is 5.45. The quantitative estimate of drug-likeness (QED) is 0.584. The zero-order valence-corrected chi connectivity index (χ0v) is 18.1. The van der Waals surface area contributed by atoms with E-state index in [4.69, 9.17) is 4.74 Å². The Morgan fingerprint density at radius 3 is 2.45 bits per heavy atom. The first-order chi connectivity index (χ1) is 15.6. The standard InChI is InChI=1S/C20H23F3N6O4/c1-26-6-8-28(9-7-26)10-11-29-17(30)15-16(27(2)19(29)31)25-18(24-15)32-13-4-3-5-14(12-13)33-20(21,22)23/h3-5,12H,6-11H2,1-2H3,(H,24,25). The molecule has 1 saturated heterocycles. The molecule has 1 N–H and O–H groups in total. The number of halogens is 3. The molecule has 0 spiro atoms. The lowest BCUT2D eigenvalue weighted by molar-refractivity contribution is -0.274. The summed E-state index contributed by atoms with van der Waals surface area (Å²) in [5, 5.41) is 0. The zero-order valence-electron chi connectivity index (χ0n) is 18.1. The van der Waals surface area contributed by atoms with Gasteiger partial charge in [0.25, 0.3) is 5.56 Å². The molecular weight excluding hydrogens is 445 g/mol. The molecule has 1 aliphatic heterocycles. The van der Waals surface area contributed by atoms with Gasteiger partial charge in [0, 0.05) is 52.4 Å². The number of aryl methyl sites for hydroxylation is 1. The van der Waals surface area contributed by atoms with Gasteiger partial charge in [-0.25, -0.2) is 4.79 Å². The van der Waals surface area contributed by atoms with Crippen LogP contribution in [-0.4, -0.2) is 75.0 Å². The van der Waals surface area contributed by atoms with Crippen LogP contribution in [0.4, 0.5) is 13.2 Å². The summed E-state index contributed by atoms with van der Waals surface area (Å²) in [6.45, 7) is 4.32. The highest BCUT2D eigenvalue weighted by Crippen LogP contribution is 2.28. The SMILES string of the molecule is CN1CCN(CCn2c(=O)c3[nH]c(Oc4cccc(OC(F)(F)F)c4)nc3n(C)c2=O)CC1. The summed E-state index contributed by atoms with van der Waals surface area (Å²) in [4.78, 5) is 37.0. The van der Waals surface area contributed by atoms with Gasteiger partial charge in [-0.2, -0.15) is 4.98 Å². The van der Waals surface area contributed by atoms with Gasteiger partial charge < -0.3 is 19.4 Å². The smallest absolute Gasteiger partial charge is 0.425 e. The summed E-state index contributed by atoms with van der Waals surface area (Å²) in [5.41, 5.74) is -0.911. The number of fused-ring (bicyclic) bond motifs is 1. The number of imidazole rings is 1. The van der Waals surface area contributed by atoms with Gasteiger partial charge in [-0.05, 0) is 19.2 Å². The van der Waals surface area contributed by atoms with E-state index in [1.54, 1.807) is 0 Å². The topological polar surface area (TPSA) is 97.6 Å². The molecule has 0 unspecified atom stereocenters. The summed E-state index contributed by atoms with van der Waals surface area (Å²) < 4.78 is 49.1. The van der Waals surface area contributed by atoms with E-state index >= 15 is 0 Å². The number of aromatic nitrogens is 4. The Labute approximate surface area is 185 Å². The van der Waals surface area contributed by atoms with Crippen LogP contribution in [0.15, 0.2) is 33.9 Å². The van der Waals surface area contributed by atoms with Crippen LogP contribution >= 0.6 is 0 Å². The highest BCUT2D eigenvalue weighted by molar-refractivity contribution is 5.70. The van der Waals surface area contributed by atoms with E-state index in [9.17, 15) is 22.8 Å². The van der Waals surface area contributed by atoms with E-state index < -0.39 is 23.4 Å². The molecule has 33 heavy (non-hydrogen) atoms. The molecule has 2 aromatic heterocycles. The van der Waals surface area contributed by atoms with Gasteiger partial charge in [-0.1, -0.05) is 6.07 Å². The highest BCUT2D eigenvalue weighted by Gasteiger charge is 2.31. The third kappa shape index (κ3) is 5.20. The number of hydrogen-bond donors (Lipinski definition) is 1. The van der Waals surface area contributed by atoms with E-state index in [1.165, 1.54) is 23.7 Å². The maximum atomic E-state index is 13.0. The van der Waals surface area contributed by atoms with Crippen LogP contribution in [-0.2, 0) is 13.6 Å². The molecule has 3 aromatic rings. The number of H-pyrrole nitrogens is 1. The normalized spacial score (nSPS) is 15.8. The molecule has 13 heteroatoms. The molecule has 0 bridgehead atoms. The van der Waals surface area contributed by atoms with Crippen LogP contribution in [0, 0.1) is 0 Å². The van der Waals surface area contributed by atoms with Crippen LogP contribution in [0.5, 0.6) is 17.5 Å². The summed E-state index contributed by atoms with van der Waals surface area (Å²) in [6, 6.07) is 4.75. The molecule has 0 aliphatic carbocycles. The first kappa shape index (κ1) is 22.9. The molecule has 0 atom stereocenters. The molecule has 0 radical (unpaired) electrons. The van der Waals surface area contributed by atoms with E-state index in [0.717, 1.165) is 42.9 Å². The van der Waals surface area contributed by atoms with Gasteiger partial charge >= 0.3 is 18.1 Å². The van der Waals surface area contributed by atoms with Crippen molar-refractivity contribution in [2.75, 3.05) is 39.8 Å². The lowest BCUT2D eigenvalue weighted by atomic mass is 10.3. The number of rotatable bonds is 6. The van der Waals surface area contributed by atoms with Crippen molar-refractivity contribution >= 4 is 11.2 Å². The molecule has 0 amide bonds. The number of hydrogen-bond acceptors (Lipinski definition) is 7. The monoisotopic (exact) mass is 468 g/mol. The summed E-state index contributed by atoms with van der Waals surface area (Å²) in [6.07, 6.45) is -4.84. The number of benzene rings is 1. The lowest BCUT2D eigenvalue weighted by Crippen LogP contribution is -2.47. The van der Waals surface area contributed by atoms with E-state index in [2.05, 4.69) is 24.5 Å². The second kappa shape index (κ2) is 8.90. The molecule has 3 heterocycles. The van der Waals surface area contributed by atoms with E-state index in [0.29, 0.717) is 6.54 Å². The number of aromatic amines is 1. The molecule has 4 rings (SSSR count). The minimum atomic E-state index is -4.84. The van der Waals surface area contributed by atoms with Gasteiger partial charge in [-0.15, -0.1) is 13.2 Å². The lowest BCUT2D eigenvalue weighted by Gasteiger charge is -2.32. The molecular formula is C20H23F3N6O4. The summed E-state index contributed by atoms with van der Waals surface area (Å²) >= 11 is 0. The first-order valence-corrected chi connectivity index (χ1v) is 10.2. The van der Waals surface area contributed by atoms with Crippen LogP contribution in [0.25, 0.3) is 11.2 Å². The van der Waals surface area contributed by atoms with E-state index in [1.807, 2.05) is 7.05 Å². The second-order valence-corrected chi connectivity index (χ2v) is 7.81. The van der Waals surface area contributed by atoms with Crippen molar-refractivity contribution in [2.24, 2.45) is 7.05 Å².